The van der Waals surface area contributed by atoms with Gasteiger partial charge in [0.2, 0.25) is 0 Å². The average molecular weight is 299 g/mol. The SMILES string of the molecule is CCCCCCCOc1ccccc1OC([O-])=C1C=CC=C1. The summed E-state index contributed by atoms with van der Waals surface area (Å²) in [6.45, 7) is 2.85. The van der Waals surface area contributed by atoms with Crippen molar-refractivity contribution in [2.75, 3.05) is 6.61 Å². The maximum Gasteiger partial charge on any atom is 0.133 e. The highest BCUT2D eigenvalue weighted by molar-refractivity contribution is 5.44. The molecule has 1 aliphatic carbocycles. The maximum absolute atomic E-state index is 12.0. The van der Waals surface area contributed by atoms with Crippen molar-refractivity contribution in [2.24, 2.45) is 0 Å². The van der Waals surface area contributed by atoms with E-state index in [4.69, 9.17) is 9.47 Å². The van der Waals surface area contributed by atoms with E-state index in [1.54, 1.807) is 18.2 Å². The smallest absolute Gasteiger partial charge is 0.133 e. The van der Waals surface area contributed by atoms with Gasteiger partial charge in [0.1, 0.15) is 5.75 Å². The standard InChI is InChI=1S/C19H24O3/c1-2-3-4-5-10-15-21-17-13-8-9-14-18(17)22-19(20)16-11-6-7-12-16/h6-9,11-14,20H,2-5,10,15H2,1H3/p-1. The first-order valence-corrected chi connectivity index (χ1v) is 7.97. The average Bonchev–Trinajstić information content (AvgIpc) is 3.07. The molecule has 0 unspecified atom stereocenters. The molecule has 3 nitrogen and oxygen atoms in total. The zero-order valence-corrected chi connectivity index (χ0v) is 13.1. The van der Waals surface area contributed by atoms with E-state index in [9.17, 15) is 5.11 Å². The molecule has 0 amide bonds. The molecule has 118 valence electrons. The van der Waals surface area contributed by atoms with E-state index < -0.39 is 0 Å². The largest absolute Gasteiger partial charge is 0.575 e. The summed E-state index contributed by atoms with van der Waals surface area (Å²) in [7, 11) is 0. The van der Waals surface area contributed by atoms with Crippen molar-refractivity contribution in [3.8, 4) is 11.5 Å². The van der Waals surface area contributed by atoms with Crippen LogP contribution >= 0.6 is 0 Å². The minimum Gasteiger partial charge on any atom is -0.575 e. The van der Waals surface area contributed by atoms with Crippen LogP contribution in [0.1, 0.15) is 39.0 Å². The highest BCUT2D eigenvalue weighted by Crippen LogP contribution is 2.28. The second-order valence-corrected chi connectivity index (χ2v) is 5.27. The minimum absolute atomic E-state index is 0.357. The molecule has 0 saturated heterocycles. The van der Waals surface area contributed by atoms with Gasteiger partial charge in [-0.3, -0.25) is 0 Å². The lowest BCUT2D eigenvalue weighted by Crippen LogP contribution is -2.13. The lowest BCUT2D eigenvalue weighted by molar-refractivity contribution is -0.343. The van der Waals surface area contributed by atoms with E-state index in [0.717, 1.165) is 6.42 Å². The van der Waals surface area contributed by atoms with Crippen LogP contribution in [0.2, 0.25) is 0 Å². The predicted octanol–water partition coefficient (Wildman–Crippen LogP) is 4.11. The number of hydrogen-bond donors (Lipinski definition) is 0. The van der Waals surface area contributed by atoms with Crippen molar-refractivity contribution in [3.63, 3.8) is 0 Å². The summed E-state index contributed by atoms with van der Waals surface area (Å²) in [6, 6.07) is 7.31. The van der Waals surface area contributed by atoms with Gasteiger partial charge in [0.15, 0.2) is 0 Å². The highest BCUT2D eigenvalue weighted by atomic mass is 16.6. The summed E-state index contributed by atoms with van der Waals surface area (Å²) in [5.41, 5.74) is 0.550. The summed E-state index contributed by atoms with van der Waals surface area (Å²) >= 11 is 0. The van der Waals surface area contributed by atoms with Crippen LogP contribution in [0.25, 0.3) is 0 Å². The zero-order chi connectivity index (χ0) is 15.6. The molecule has 2 rings (SSSR count). The summed E-state index contributed by atoms with van der Waals surface area (Å²) in [5.74, 6) is 0.740. The molecule has 0 aromatic heterocycles. The van der Waals surface area contributed by atoms with Gasteiger partial charge in [-0.05, 0) is 24.1 Å². The van der Waals surface area contributed by atoms with Crippen molar-refractivity contribution in [1.82, 2.24) is 0 Å². The molecular formula is C19H23O3-. The van der Waals surface area contributed by atoms with Crippen molar-refractivity contribution in [3.05, 3.63) is 60.1 Å². The van der Waals surface area contributed by atoms with Crippen molar-refractivity contribution >= 4 is 0 Å². The number of rotatable bonds is 9. The molecule has 0 heterocycles. The van der Waals surface area contributed by atoms with Crippen molar-refractivity contribution in [2.45, 2.75) is 39.0 Å². The topological polar surface area (TPSA) is 41.5 Å². The first-order valence-electron chi connectivity index (χ1n) is 7.97. The summed E-state index contributed by atoms with van der Waals surface area (Å²) in [6.07, 6.45) is 13.0. The lowest BCUT2D eigenvalue weighted by atomic mass is 10.2. The number of unbranched alkanes of at least 4 members (excludes halogenated alkanes) is 4. The lowest BCUT2D eigenvalue weighted by Gasteiger charge is -2.20. The third-order valence-electron chi connectivity index (χ3n) is 3.46. The molecule has 1 aromatic rings. The fourth-order valence-corrected chi connectivity index (χ4v) is 2.21. The van der Waals surface area contributed by atoms with Crippen LogP contribution < -0.4 is 14.6 Å². The van der Waals surface area contributed by atoms with Crippen molar-refractivity contribution in [1.29, 1.82) is 0 Å². The number of hydrogen-bond acceptors (Lipinski definition) is 3. The van der Waals surface area contributed by atoms with Gasteiger partial charge in [0.25, 0.3) is 0 Å². The Labute approximate surface area is 132 Å². The normalized spacial score (nSPS) is 12.7. The Morgan fingerprint density at radius 3 is 2.36 bits per heavy atom. The molecule has 0 fully saturated rings. The van der Waals surface area contributed by atoms with Gasteiger partial charge in [-0.1, -0.05) is 69.0 Å². The minimum atomic E-state index is -0.357. The molecule has 0 radical (unpaired) electrons. The third-order valence-corrected chi connectivity index (χ3v) is 3.46. The molecule has 1 aliphatic rings. The number of ether oxygens (including phenoxy) is 2. The Hall–Kier alpha value is -2.16. The van der Waals surface area contributed by atoms with Gasteiger partial charge >= 0.3 is 0 Å². The Bertz CT molecular complexity index is 542. The number of benzene rings is 1. The van der Waals surface area contributed by atoms with Gasteiger partial charge in [-0.2, -0.15) is 0 Å². The molecule has 0 aliphatic heterocycles. The molecule has 0 spiro atoms. The molecule has 3 heteroatoms. The van der Waals surface area contributed by atoms with Gasteiger partial charge in [0, 0.05) is 0 Å². The molecular weight excluding hydrogens is 276 g/mol. The van der Waals surface area contributed by atoms with Crippen LogP contribution in [0.3, 0.4) is 0 Å². The molecule has 0 bridgehead atoms. The Morgan fingerprint density at radius 1 is 0.955 bits per heavy atom. The Balaban J connectivity index is 1.88. The molecule has 0 saturated carbocycles. The highest BCUT2D eigenvalue weighted by Gasteiger charge is 2.02. The van der Waals surface area contributed by atoms with Gasteiger partial charge in [-0.15, -0.1) is 0 Å². The van der Waals surface area contributed by atoms with E-state index in [1.807, 2.05) is 30.4 Å². The molecule has 0 atom stereocenters. The second-order valence-electron chi connectivity index (χ2n) is 5.27. The van der Waals surface area contributed by atoms with E-state index >= 15 is 0 Å². The Kier molecular flexibility index (Phi) is 6.62. The summed E-state index contributed by atoms with van der Waals surface area (Å²) in [4.78, 5) is 0. The first-order chi connectivity index (χ1) is 10.8. The molecule has 1 aromatic carbocycles. The van der Waals surface area contributed by atoms with E-state index in [-0.39, 0.29) is 5.95 Å². The quantitative estimate of drug-likeness (QED) is 0.509. The maximum atomic E-state index is 12.0. The van der Waals surface area contributed by atoms with Crippen LogP contribution in [-0.4, -0.2) is 6.61 Å². The summed E-state index contributed by atoms with van der Waals surface area (Å²) < 4.78 is 11.2. The third kappa shape index (κ3) is 4.99. The second kappa shape index (κ2) is 8.98. The van der Waals surface area contributed by atoms with Crippen LogP contribution in [0.15, 0.2) is 60.1 Å². The molecule has 0 N–H and O–H groups in total. The van der Waals surface area contributed by atoms with Crippen molar-refractivity contribution < 1.29 is 14.6 Å². The van der Waals surface area contributed by atoms with Crippen LogP contribution in [0.4, 0.5) is 0 Å². The van der Waals surface area contributed by atoms with E-state index in [1.165, 1.54) is 25.7 Å². The van der Waals surface area contributed by atoms with Crippen LogP contribution in [0, 0.1) is 0 Å². The van der Waals surface area contributed by atoms with Gasteiger partial charge in [0.05, 0.1) is 18.3 Å². The predicted molar refractivity (Wildman–Crippen MR) is 86.6 cm³/mol. The molecule has 22 heavy (non-hydrogen) atoms. The zero-order valence-electron chi connectivity index (χ0n) is 13.1. The van der Waals surface area contributed by atoms with Crippen LogP contribution in [0.5, 0.6) is 11.5 Å². The van der Waals surface area contributed by atoms with E-state index in [2.05, 4.69) is 6.92 Å². The summed E-state index contributed by atoms with van der Waals surface area (Å²) in [5, 5.41) is 12.0. The Morgan fingerprint density at radius 2 is 1.64 bits per heavy atom. The fourth-order valence-electron chi connectivity index (χ4n) is 2.21. The van der Waals surface area contributed by atoms with Gasteiger partial charge in [-0.25, -0.2) is 0 Å². The number of para-hydroxylation sites is 2. The van der Waals surface area contributed by atoms with Gasteiger partial charge < -0.3 is 14.6 Å². The monoisotopic (exact) mass is 299 g/mol. The van der Waals surface area contributed by atoms with Crippen LogP contribution in [-0.2, 0) is 0 Å². The number of allylic oxidation sites excluding steroid dienone is 5. The first kappa shape index (κ1) is 16.2. The fraction of sp³-hybridized carbons (Fsp3) is 0.368. The van der Waals surface area contributed by atoms with E-state index in [0.29, 0.717) is 23.7 Å².